The molecule has 0 radical (unpaired) electrons. The molecule has 4 saturated carbocycles. The van der Waals surface area contributed by atoms with Crippen molar-refractivity contribution >= 4 is 31.2 Å². The highest BCUT2D eigenvalue weighted by Gasteiger charge is 2.65. The molecule has 0 amide bonds. The predicted molar refractivity (Wildman–Crippen MR) is 158 cm³/mol. The van der Waals surface area contributed by atoms with E-state index >= 15 is 0 Å². The molecule has 0 aliphatic heterocycles. The topological polar surface area (TPSA) is 191 Å². The summed E-state index contributed by atoms with van der Waals surface area (Å²) >= 11 is 0. The molecule has 11 atom stereocenters. The fraction of sp³-hybridized carbons (Fsp3) is 1.00. The van der Waals surface area contributed by atoms with Crippen LogP contribution in [0, 0.1) is 51.8 Å². The van der Waals surface area contributed by atoms with E-state index in [1.54, 1.807) is 0 Å². The van der Waals surface area contributed by atoms with Crippen LogP contribution in [-0.4, -0.2) is 57.2 Å². The molecule has 0 saturated heterocycles. The van der Waals surface area contributed by atoms with Crippen molar-refractivity contribution in [1.82, 2.24) is 0 Å². The van der Waals surface area contributed by atoms with Gasteiger partial charge in [-0.2, -0.15) is 25.3 Å². The molecule has 4 fully saturated rings. The Hall–Kier alpha value is -0.390. The maximum atomic E-state index is 12.0. The van der Waals surface area contributed by atoms with Gasteiger partial charge in [0.15, 0.2) is 0 Å². The van der Waals surface area contributed by atoms with Crippen LogP contribution < -0.4 is 0 Å². The monoisotopic (exact) mass is 674 g/mol. The molecule has 0 aromatic heterocycles. The minimum absolute atomic E-state index is 0.00366. The minimum atomic E-state index is -5.06. The normalized spacial score (nSPS) is 41.2. The minimum Gasteiger partial charge on any atom is -0.264 e. The SMILES string of the molecule is C[C@H](CCCC(C)(C)C)[C@H]1CC[C@@H]2[C@@H]3C[C@H](OS(=O)(=O)O)[C@H]4C[C@H](OS(=O)(=O)O)[C@@H](OS(=O)(=O)O)C[C@]4(C)[C@H]3CC[C@@]21C. The van der Waals surface area contributed by atoms with Gasteiger partial charge in [-0.1, -0.05) is 54.4 Å². The largest absolute Gasteiger partial charge is 0.397 e. The van der Waals surface area contributed by atoms with Crippen molar-refractivity contribution in [2.24, 2.45) is 51.8 Å². The van der Waals surface area contributed by atoms with Crippen LogP contribution in [0.2, 0.25) is 0 Å². The Labute approximate surface area is 257 Å². The highest BCUT2D eigenvalue weighted by molar-refractivity contribution is 7.81. The van der Waals surface area contributed by atoms with E-state index in [4.69, 9.17) is 12.5 Å². The first-order valence-electron chi connectivity index (χ1n) is 15.4. The molecule has 0 aromatic carbocycles. The van der Waals surface area contributed by atoms with E-state index in [1.165, 1.54) is 0 Å². The van der Waals surface area contributed by atoms with Crippen molar-refractivity contribution in [3.63, 3.8) is 0 Å². The second-order valence-corrected chi connectivity index (χ2v) is 18.7. The van der Waals surface area contributed by atoms with Crippen LogP contribution in [0.15, 0.2) is 0 Å². The third-order valence-corrected chi connectivity index (χ3v) is 13.2. The highest BCUT2D eigenvalue weighted by atomic mass is 32.3. The molecule has 252 valence electrons. The lowest BCUT2D eigenvalue weighted by Gasteiger charge is -2.63. The zero-order valence-corrected chi connectivity index (χ0v) is 28.5. The summed E-state index contributed by atoms with van der Waals surface area (Å²) < 4.78 is 114. The Morgan fingerprint density at radius 2 is 1.28 bits per heavy atom. The van der Waals surface area contributed by atoms with Crippen molar-refractivity contribution < 1.29 is 51.5 Å². The van der Waals surface area contributed by atoms with Crippen LogP contribution in [-0.2, 0) is 43.7 Å². The zero-order valence-electron chi connectivity index (χ0n) is 26.0. The number of hydrogen-bond acceptors (Lipinski definition) is 9. The van der Waals surface area contributed by atoms with Crippen LogP contribution in [0.4, 0.5) is 0 Å². The summed E-state index contributed by atoms with van der Waals surface area (Å²) in [5, 5.41) is 0. The van der Waals surface area contributed by atoms with Crippen LogP contribution in [0.1, 0.15) is 106 Å². The Morgan fingerprint density at radius 1 is 0.744 bits per heavy atom. The Bertz CT molecular complexity index is 1340. The van der Waals surface area contributed by atoms with E-state index in [0.717, 1.165) is 44.9 Å². The zero-order chi connectivity index (χ0) is 32.4. The van der Waals surface area contributed by atoms with E-state index in [1.807, 2.05) is 6.92 Å². The third-order valence-electron chi connectivity index (χ3n) is 11.7. The molecule has 0 spiro atoms. The molecule has 0 heterocycles. The van der Waals surface area contributed by atoms with E-state index < -0.39 is 60.8 Å². The van der Waals surface area contributed by atoms with Gasteiger partial charge in [-0.05, 0) is 103 Å². The van der Waals surface area contributed by atoms with Crippen molar-refractivity contribution in [2.45, 2.75) is 124 Å². The molecule has 0 aromatic rings. The van der Waals surface area contributed by atoms with Crippen LogP contribution in [0.5, 0.6) is 0 Å². The summed E-state index contributed by atoms with van der Waals surface area (Å²) in [6.45, 7) is 13.3. The van der Waals surface area contributed by atoms with Gasteiger partial charge in [0.25, 0.3) is 0 Å². The molecule has 0 bridgehead atoms. The van der Waals surface area contributed by atoms with Crippen molar-refractivity contribution in [2.75, 3.05) is 0 Å². The van der Waals surface area contributed by atoms with Gasteiger partial charge >= 0.3 is 31.2 Å². The van der Waals surface area contributed by atoms with Gasteiger partial charge in [0, 0.05) is 0 Å². The van der Waals surface area contributed by atoms with Gasteiger partial charge in [-0.15, -0.1) is 0 Å². The molecule has 4 aliphatic rings. The maximum Gasteiger partial charge on any atom is 0.397 e. The molecule has 4 aliphatic carbocycles. The first kappa shape index (κ1) is 35.5. The van der Waals surface area contributed by atoms with Gasteiger partial charge in [0.05, 0.1) is 6.10 Å². The van der Waals surface area contributed by atoms with Gasteiger partial charge in [0.1, 0.15) is 12.2 Å². The number of rotatable bonds is 10. The average Bonchev–Trinajstić information content (AvgIpc) is 3.14. The molecule has 43 heavy (non-hydrogen) atoms. The van der Waals surface area contributed by atoms with Crippen LogP contribution in [0.25, 0.3) is 0 Å². The second kappa shape index (κ2) is 12.0. The summed E-state index contributed by atoms with van der Waals surface area (Å²) in [6.07, 6.45) is 3.13. The van der Waals surface area contributed by atoms with E-state index in [2.05, 4.69) is 34.6 Å². The predicted octanol–water partition coefficient (Wildman–Crippen LogP) is 5.28. The Balaban J connectivity index is 1.66. The van der Waals surface area contributed by atoms with Crippen LogP contribution >= 0.6 is 0 Å². The quantitative estimate of drug-likeness (QED) is 0.254. The summed E-state index contributed by atoms with van der Waals surface area (Å²) in [4.78, 5) is 0. The second-order valence-electron chi connectivity index (χ2n) is 15.5. The summed E-state index contributed by atoms with van der Waals surface area (Å²) in [5.74, 6) is 0.585. The smallest absolute Gasteiger partial charge is 0.264 e. The highest BCUT2D eigenvalue weighted by Crippen LogP contribution is 2.69. The maximum absolute atomic E-state index is 12.0. The first-order valence-corrected chi connectivity index (χ1v) is 19.5. The fourth-order valence-corrected chi connectivity index (χ4v) is 11.7. The van der Waals surface area contributed by atoms with Crippen molar-refractivity contribution in [1.29, 1.82) is 0 Å². The summed E-state index contributed by atoms with van der Waals surface area (Å²) in [5.41, 5.74) is -0.521. The van der Waals surface area contributed by atoms with Gasteiger partial charge in [-0.3, -0.25) is 13.7 Å². The molecule has 3 N–H and O–H groups in total. The molecule has 15 heteroatoms. The van der Waals surface area contributed by atoms with Crippen molar-refractivity contribution in [3.8, 4) is 0 Å². The average molecular weight is 675 g/mol. The first-order chi connectivity index (χ1) is 19.4. The lowest BCUT2D eigenvalue weighted by atomic mass is 9.43. The van der Waals surface area contributed by atoms with Crippen molar-refractivity contribution in [3.05, 3.63) is 0 Å². The molecular formula is C28H50O12S3. The van der Waals surface area contributed by atoms with Gasteiger partial charge in [-0.25, -0.2) is 12.5 Å². The van der Waals surface area contributed by atoms with E-state index in [0.29, 0.717) is 18.3 Å². The van der Waals surface area contributed by atoms with E-state index in [-0.39, 0.29) is 41.4 Å². The third kappa shape index (κ3) is 8.13. The Morgan fingerprint density at radius 3 is 1.84 bits per heavy atom. The number of hydrogen-bond donors (Lipinski definition) is 3. The van der Waals surface area contributed by atoms with Gasteiger partial charge < -0.3 is 0 Å². The fourth-order valence-electron chi connectivity index (χ4n) is 10.2. The molecular weight excluding hydrogens is 624 g/mol. The standard InChI is InChI=1S/C28H50O12S3/c1-17(8-7-12-26(2,3)4)19-9-10-20-18-14-23(38-41(29,30)31)22-15-24(39-42(32,33)34)25(40-43(35,36)37)16-28(22,6)21(18)11-13-27(19,20)5/h17-25H,7-16H2,1-6H3,(H,29,30,31)(H,32,33,34)(H,35,36,37)/t17-,18+,19-,20-,21+,22-,23+,24+,25+,27-,28-/m1/s1. The summed E-state index contributed by atoms with van der Waals surface area (Å²) in [7, 11) is -15.0. The molecule has 12 nitrogen and oxygen atoms in total. The lowest BCUT2D eigenvalue weighted by molar-refractivity contribution is -0.184. The molecule has 0 unspecified atom stereocenters. The Kier molecular flexibility index (Phi) is 9.90. The van der Waals surface area contributed by atoms with Crippen LogP contribution in [0.3, 0.4) is 0 Å². The lowest BCUT2D eigenvalue weighted by Crippen LogP contribution is -2.62. The molecule has 4 rings (SSSR count). The summed E-state index contributed by atoms with van der Waals surface area (Å²) in [6, 6.07) is 0. The number of fused-ring (bicyclic) bond motifs is 5. The van der Waals surface area contributed by atoms with E-state index in [9.17, 15) is 38.9 Å². The van der Waals surface area contributed by atoms with Gasteiger partial charge in [0.2, 0.25) is 0 Å².